The first kappa shape index (κ1) is 21.0. The number of guanidine groups is 1. The Morgan fingerprint density at radius 1 is 1.03 bits per heavy atom. The number of rotatable bonds is 4. The highest BCUT2D eigenvalue weighted by Crippen LogP contribution is 2.43. The maximum atomic E-state index is 12.4. The van der Waals surface area contributed by atoms with Gasteiger partial charge in [-0.2, -0.15) is 0 Å². The first-order chi connectivity index (χ1) is 14.7. The molecule has 0 bridgehead atoms. The average Bonchev–Trinajstić information content (AvgIpc) is 3.43. The second kappa shape index (κ2) is 9.71. The summed E-state index contributed by atoms with van der Waals surface area (Å²) in [6, 6.07) is 8.11. The summed E-state index contributed by atoms with van der Waals surface area (Å²) in [5.41, 5.74) is 2.50. The highest BCUT2D eigenvalue weighted by atomic mass is 16.2. The molecule has 3 fully saturated rings. The van der Waals surface area contributed by atoms with Crippen molar-refractivity contribution in [1.29, 1.82) is 0 Å². The minimum Gasteiger partial charge on any atom is -0.357 e. The van der Waals surface area contributed by atoms with E-state index in [-0.39, 0.29) is 6.03 Å². The van der Waals surface area contributed by atoms with Crippen molar-refractivity contribution >= 4 is 17.7 Å². The van der Waals surface area contributed by atoms with Crippen molar-refractivity contribution in [1.82, 2.24) is 15.1 Å². The van der Waals surface area contributed by atoms with Crippen LogP contribution in [0.15, 0.2) is 29.3 Å². The number of nitrogens with one attached hydrogen (secondary N) is 2. The van der Waals surface area contributed by atoms with E-state index >= 15 is 0 Å². The van der Waals surface area contributed by atoms with E-state index in [1.165, 1.54) is 38.5 Å². The van der Waals surface area contributed by atoms with Crippen LogP contribution in [-0.4, -0.2) is 54.5 Å². The van der Waals surface area contributed by atoms with Crippen LogP contribution in [0.3, 0.4) is 0 Å². The van der Waals surface area contributed by atoms with E-state index in [0.29, 0.717) is 12.0 Å². The third-order valence-electron chi connectivity index (χ3n) is 6.97. The molecule has 1 spiro atoms. The zero-order valence-corrected chi connectivity index (χ0v) is 18.5. The normalized spacial score (nSPS) is 21.3. The van der Waals surface area contributed by atoms with Crippen molar-refractivity contribution in [3.05, 3.63) is 29.8 Å². The molecule has 2 aliphatic heterocycles. The Bertz CT molecular complexity index is 750. The number of carbonyl (C=O) groups excluding carboxylic acids is 1. The van der Waals surface area contributed by atoms with Gasteiger partial charge in [-0.3, -0.25) is 0 Å². The summed E-state index contributed by atoms with van der Waals surface area (Å²) in [5, 5.41) is 6.54. The molecule has 0 atom stereocenters. The quantitative estimate of drug-likeness (QED) is 0.569. The molecule has 2 amide bonds. The molecule has 0 radical (unpaired) electrons. The summed E-state index contributed by atoms with van der Waals surface area (Å²) in [6.45, 7) is 7.62. The predicted octanol–water partition coefficient (Wildman–Crippen LogP) is 4.44. The van der Waals surface area contributed by atoms with Gasteiger partial charge in [0.1, 0.15) is 0 Å². The molecule has 0 aromatic heterocycles. The Balaban J connectivity index is 1.38. The number of benzene rings is 1. The van der Waals surface area contributed by atoms with E-state index in [2.05, 4.69) is 28.5 Å². The largest absolute Gasteiger partial charge is 0.357 e. The van der Waals surface area contributed by atoms with Gasteiger partial charge in [-0.1, -0.05) is 31.4 Å². The van der Waals surface area contributed by atoms with Crippen LogP contribution in [0.4, 0.5) is 10.5 Å². The number of hydrogen-bond acceptors (Lipinski definition) is 2. The van der Waals surface area contributed by atoms with E-state index in [4.69, 9.17) is 4.99 Å². The fourth-order valence-corrected chi connectivity index (χ4v) is 5.29. The van der Waals surface area contributed by atoms with Crippen LogP contribution >= 0.6 is 0 Å². The van der Waals surface area contributed by atoms with Gasteiger partial charge in [-0.15, -0.1) is 0 Å². The number of carbonyl (C=O) groups is 1. The monoisotopic (exact) mass is 411 g/mol. The molecule has 2 heterocycles. The second-order valence-corrected chi connectivity index (χ2v) is 9.23. The number of amides is 2. The van der Waals surface area contributed by atoms with E-state index in [1.54, 1.807) is 0 Å². The number of nitrogens with zero attached hydrogens (tertiary/aromatic N) is 3. The van der Waals surface area contributed by atoms with Crippen molar-refractivity contribution in [3.63, 3.8) is 0 Å². The topological polar surface area (TPSA) is 60.0 Å². The molecule has 1 saturated carbocycles. The van der Waals surface area contributed by atoms with Crippen LogP contribution in [0.25, 0.3) is 0 Å². The van der Waals surface area contributed by atoms with E-state index in [9.17, 15) is 4.79 Å². The molecule has 3 aliphatic rings. The highest BCUT2D eigenvalue weighted by molar-refractivity contribution is 5.89. The van der Waals surface area contributed by atoms with Gasteiger partial charge in [0.2, 0.25) is 0 Å². The molecular formula is C24H37N5O. The lowest BCUT2D eigenvalue weighted by Gasteiger charge is -2.33. The van der Waals surface area contributed by atoms with Crippen molar-refractivity contribution in [2.75, 3.05) is 38.0 Å². The molecule has 2 N–H and O–H groups in total. The standard InChI is InChI=1S/C24H37N5O/c1-2-25-22(29-16-13-24(19-29)11-4-3-5-12-24)26-18-20-9-8-10-21(17-20)27-23(30)28-14-6-7-15-28/h8-10,17H,2-7,11-16,18-19H2,1H3,(H,25,26)(H,27,30). The van der Waals surface area contributed by atoms with Gasteiger partial charge in [-0.05, 0) is 62.1 Å². The molecule has 2 saturated heterocycles. The van der Waals surface area contributed by atoms with Gasteiger partial charge in [0.15, 0.2) is 5.96 Å². The Hall–Kier alpha value is -2.24. The second-order valence-electron chi connectivity index (χ2n) is 9.23. The van der Waals surface area contributed by atoms with Crippen LogP contribution in [0, 0.1) is 5.41 Å². The maximum Gasteiger partial charge on any atom is 0.321 e. The lowest BCUT2D eigenvalue weighted by Crippen LogP contribution is -2.41. The summed E-state index contributed by atoms with van der Waals surface area (Å²) in [7, 11) is 0. The van der Waals surface area contributed by atoms with Crippen LogP contribution in [0.5, 0.6) is 0 Å². The molecule has 1 aromatic carbocycles. The smallest absolute Gasteiger partial charge is 0.321 e. The molecule has 0 unspecified atom stereocenters. The van der Waals surface area contributed by atoms with Crippen molar-refractivity contribution in [2.45, 2.75) is 64.8 Å². The molecule has 6 heteroatoms. The van der Waals surface area contributed by atoms with Crippen LogP contribution in [-0.2, 0) is 6.54 Å². The highest BCUT2D eigenvalue weighted by Gasteiger charge is 2.39. The first-order valence-electron chi connectivity index (χ1n) is 11.9. The van der Waals surface area contributed by atoms with Crippen LogP contribution in [0.2, 0.25) is 0 Å². The van der Waals surface area contributed by atoms with Crippen molar-refractivity contribution in [3.8, 4) is 0 Å². The van der Waals surface area contributed by atoms with E-state index in [0.717, 1.165) is 62.8 Å². The van der Waals surface area contributed by atoms with Gasteiger partial charge in [0, 0.05) is 38.4 Å². The molecule has 30 heavy (non-hydrogen) atoms. The van der Waals surface area contributed by atoms with Crippen molar-refractivity contribution in [2.24, 2.45) is 10.4 Å². The summed E-state index contributed by atoms with van der Waals surface area (Å²) in [5.74, 6) is 1.03. The molecule has 1 aliphatic carbocycles. The van der Waals surface area contributed by atoms with Crippen molar-refractivity contribution < 1.29 is 4.79 Å². The summed E-state index contributed by atoms with van der Waals surface area (Å²) < 4.78 is 0. The van der Waals surface area contributed by atoms with Crippen LogP contribution < -0.4 is 10.6 Å². The minimum absolute atomic E-state index is 0.0105. The number of likely N-dealkylation sites (tertiary alicyclic amines) is 2. The molecule has 164 valence electrons. The fraction of sp³-hybridized carbons (Fsp3) is 0.667. The van der Waals surface area contributed by atoms with Gasteiger partial charge in [0.25, 0.3) is 0 Å². The first-order valence-corrected chi connectivity index (χ1v) is 11.9. The number of anilines is 1. The zero-order chi connectivity index (χ0) is 20.8. The van der Waals surface area contributed by atoms with Gasteiger partial charge in [-0.25, -0.2) is 9.79 Å². The minimum atomic E-state index is 0.0105. The fourth-order valence-electron chi connectivity index (χ4n) is 5.29. The van der Waals surface area contributed by atoms with Gasteiger partial charge < -0.3 is 20.4 Å². The molecular weight excluding hydrogens is 374 g/mol. The Kier molecular flexibility index (Phi) is 6.80. The number of urea groups is 1. The van der Waals surface area contributed by atoms with E-state index in [1.807, 2.05) is 23.1 Å². The van der Waals surface area contributed by atoms with E-state index < -0.39 is 0 Å². The summed E-state index contributed by atoms with van der Waals surface area (Å²) >= 11 is 0. The maximum absolute atomic E-state index is 12.4. The summed E-state index contributed by atoms with van der Waals surface area (Å²) in [6.07, 6.45) is 10.4. The SMILES string of the molecule is CCNC(=NCc1cccc(NC(=O)N2CCCC2)c1)N1CCC2(CCCCC2)C1. The van der Waals surface area contributed by atoms with Gasteiger partial charge >= 0.3 is 6.03 Å². The lowest BCUT2D eigenvalue weighted by molar-refractivity contribution is 0.203. The lowest BCUT2D eigenvalue weighted by atomic mass is 9.73. The molecule has 6 nitrogen and oxygen atoms in total. The van der Waals surface area contributed by atoms with Crippen LogP contribution in [0.1, 0.15) is 63.9 Å². The van der Waals surface area contributed by atoms with Gasteiger partial charge in [0.05, 0.1) is 6.54 Å². The number of aliphatic imine (C=N–C) groups is 1. The Morgan fingerprint density at radius 3 is 2.60 bits per heavy atom. The Morgan fingerprint density at radius 2 is 1.83 bits per heavy atom. The zero-order valence-electron chi connectivity index (χ0n) is 18.5. The third-order valence-corrected chi connectivity index (χ3v) is 6.97. The average molecular weight is 412 g/mol. The molecule has 1 aromatic rings. The molecule has 4 rings (SSSR count). The predicted molar refractivity (Wildman–Crippen MR) is 123 cm³/mol. The number of hydrogen-bond donors (Lipinski definition) is 2. The summed E-state index contributed by atoms with van der Waals surface area (Å²) in [4.78, 5) is 21.7. The third kappa shape index (κ3) is 5.08. The Labute approximate surface area is 181 Å².